The Morgan fingerprint density at radius 1 is 1.55 bits per heavy atom. The van der Waals surface area contributed by atoms with Crippen LogP contribution in [0.1, 0.15) is 52.4 Å². The van der Waals surface area contributed by atoms with Crippen LogP contribution in [0.5, 0.6) is 0 Å². The fourth-order valence-corrected chi connectivity index (χ4v) is 2.31. The monoisotopic (exact) mass is 155 g/mol. The maximum atomic E-state index is 6.10. The van der Waals surface area contributed by atoms with E-state index in [1.165, 1.54) is 38.5 Å². The predicted molar refractivity (Wildman–Crippen MR) is 49.5 cm³/mol. The normalized spacial score (nSPS) is 39.0. The Kier molecular flexibility index (Phi) is 2.94. The maximum absolute atomic E-state index is 6.10. The highest BCUT2D eigenvalue weighted by atomic mass is 14.7. The summed E-state index contributed by atoms with van der Waals surface area (Å²) in [4.78, 5) is 0. The molecule has 1 fully saturated rings. The molecule has 0 saturated heterocycles. The minimum absolute atomic E-state index is 0.151. The Morgan fingerprint density at radius 2 is 2.27 bits per heavy atom. The summed E-state index contributed by atoms with van der Waals surface area (Å²) in [5.41, 5.74) is 6.25. The third-order valence-electron chi connectivity index (χ3n) is 2.81. The van der Waals surface area contributed by atoms with Gasteiger partial charge in [0.15, 0.2) is 0 Å². The highest BCUT2D eigenvalue weighted by Crippen LogP contribution is 2.32. The van der Waals surface area contributed by atoms with Crippen LogP contribution in [0.3, 0.4) is 0 Å². The van der Waals surface area contributed by atoms with Crippen LogP contribution in [-0.2, 0) is 0 Å². The summed E-state index contributed by atoms with van der Waals surface area (Å²) in [5, 5.41) is 0. The molecule has 0 amide bonds. The molecule has 11 heavy (non-hydrogen) atoms. The number of hydrogen-bond acceptors (Lipinski definition) is 1. The molecule has 0 aromatic heterocycles. The lowest BCUT2D eigenvalue weighted by molar-refractivity contribution is 0.231. The molecule has 1 saturated carbocycles. The molecule has 1 rings (SSSR count). The minimum Gasteiger partial charge on any atom is -0.325 e. The molecule has 0 bridgehead atoms. The second-order valence-electron chi connectivity index (χ2n) is 4.41. The molecule has 66 valence electrons. The Bertz CT molecular complexity index is 116. The van der Waals surface area contributed by atoms with E-state index in [-0.39, 0.29) is 5.54 Å². The van der Waals surface area contributed by atoms with E-state index in [9.17, 15) is 0 Å². The molecular formula is C10H21N. The zero-order valence-corrected chi connectivity index (χ0v) is 7.90. The van der Waals surface area contributed by atoms with E-state index in [1.807, 2.05) is 0 Å². The second-order valence-corrected chi connectivity index (χ2v) is 4.41. The van der Waals surface area contributed by atoms with Gasteiger partial charge in [-0.2, -0.15) is 0 Å². The van der Waals surface area contributed by atoms with E-state index >= 15 is 0 Å². The first-order chi connectivity index (χ1) is 5.14. The Labute approximate surface area is 70.4 Å². The van der Waals surface area contributed by atoms with Crippen molar-refractivity contribution >= 4 is 0 Å². The molecule has 0 unspecified atom stereocenters. The molecule has 0 aromatic rings. The Balaban J connectivity index is 2.34. The predicted octanol–water partition coefficient (Wildman–Crippen LogP) is 2.69. The summed E-state index contributed by atoms with van der Waals surface area (Å²) in [6, 6.07) is 0. The lowest BCUT2D eigenvalue weighted by Gasteiger charge is -2.34. The molecule has 0 radical (unpaired) electrons. The maximum Gasteiger partial charge on any atom is 0.0128 e. The van der Waals surface area contributed by atoms with Crippen LogP contribution in [0.4, 0.5) is 0 Å². The molecule has 2 N–H and O–H groups in total. The van der Waals surface area contributed by atoms with Crippen molar-refractivity contribution in [2.75, 3.05) is 0 Å². The van der Waals surface area contributed by atoms with E-state index in [0.717, 1.165) is 5.92 Å². The van der Waals surface area contributed by atoms with Crippen molar-refractivity contribution in [2.24, 2.45) is 11.7 Å². The molecule has 2 atom stereocenters. The van der Waals surface area contributed by atoms with Gasteiger partial charge in [0.25, 0.3) is 0 Å². The van der Waals surface area contributed by atoms with Crippen LogP contribution in [0.25, 0.3) is 0 Å². The molecular weight excluding hydrogens is 134 g/mol. The molecule has 1 aliphatic carbocycles. The van der Waals surface area contributed by atoms with Crippen LogP contribution in [0.15, 0.2) is 0 Å². The molecule has 1 heteroatoms. The average Bonchev–Trinajstić information content (AvgIpc) is 1.85. The lowest BCUT2D eigenvalue weighted by atomic mass is 9.76. The smallest absolute Gasteiger partial charge is 0.0128 e. The summed E-state index contributed by atoms with van der Waals surface area (Å²) < 4.78 is 0. The van der Waals surface area contributed by atoms with Gasteiger partial charge in [-0.1, -0.05) is 32.6 Å². The third kappa shape index (κ3) is 2.82. The first-order valence-electron chi connectivity index (χ1n) is 4.93. The molecule has 1 nitrogen and oxygen atoms in total. The van der Waals surface area contributed by atoms with E-state index in [2.05, 4.69) is 13.8 Å². The van der Waals surface area contributed by atoms with Gasteiger partial charge in [0.2, 0.25) is 0 Å². The van der Waals surface area contributed by atoms with Crippen LogP contribution in [0.2, 0.25) is 0 Å². The highest BCUT2D eigenvalue weighted by molar-refractivity contribution is 4.86. The zero-order valence-electron chi connectivity index (χ0n) is 7.90. The third-order valence-corrected chi connectivity index (χ3v) is 2.81. The molecule has 0 heterocycles. The lowest BCUT2D eigenvalue weighted by Crippen LogP contribution is -2.40. The average molecular weight is 155 g/mol. The Hall–Kier alpha value is -0.0400. The van der Waals surface area contributed by atoms with E-state index in [4.69, 9.17) is 5.73 Å². The van der Waals surface area contributed by atoms with Crippen molar-refractivity contribution in [3.05, 3.63) is 0 Å². The quantitative estimate of drug-likeness (QED) is 0.652. The molecule has 0 spiro atoms. The summed E-state index contributed by atoms with van der Waals surface area (Å²) in [6.45, 7) is 4.47. The van der Waals surface area contributed by atoms with Gasteiger partial charge in [0.1, 0.15) is 0 Å². The number of rotatable bonds is 2. The number of nitrogens with two attached hydrogens (primary N) is 1. The number of hydrogen-bond donors (Lipinski definition) is 1. The summed E-state index contributed by atoms with van der Waals surface area (Å²) in [7, 11) is 0. The van der Waals surface area contributed by atoms with Crippen LogP contribution >= 0.6 is 0 Å². The first-order valence-corrected chi connectivity index (χ1v) is 4.93. The van der Waals surface area contributed by atoms with Gasteiger partial charge < -0.3 is 5.73 Å². The van der Waals surface area contributed by atoms with Crippen molar-refractivity contribution in [1.29, 1.82) is 0 Å². The van der Waals surface area contributed by atoms with Gasteiger partial charge >= 0.3 is 0 Å². The Morgan fingerprint density at radius 3 is 2.82 bits per heavy atom. The van der Waals surface area contributed by atoms with Gasteiger partial charge in [-0.3, -0.25) is 0 Å². The molecule has 1 aliphatic rings. The summed E-state index contributed by atoms with van der Waals surface area (Å²) in [5.74, 6) is 0.920. The summed E-state index contributed by atoms with van der Waals surface area (Å²) >= 11 is 0. The first kappa shape index (κ1) is 9.05. The van der Waals surface area contributed by atoms with E-state index in [0.29, 0.717) is 0 Å². The van der Waals surface area contributed by atoms with Crippen molar-refractivity contribution in [3.63, 3.8) is 0 Å². The van der Waals surface area contributed by atoms with E-state index in [1.54, 1.807) is 0 Å². The van der Waals surface area contributed by atoms with Gasteiger partial charge in [-0.15, -0.1) is 0 Å². The van der Waals surface area contributed by atoms with Crippen LogP contribution in [0, 0.1) is 5.92 Å². The van der Waals surface area contributed by atoms with Crippen LogP contribution in [-0.4, -0.2) is 5.54 Å². The highest BCUT2D eigenvalue weighted by Gasteiger charge is 2.27. The van der Waals surface area contributed by atoms with Crippen LogP contribution < -0.4 is 5.73 Å². The molecule has 0 aliphatic heterocycles. The second kappa shape index (κ2) is 3.57. The van der Waals surface area contributed by atoms with Crippen molar-refractivity contribution in [1.82, 2.24) is 0 Å². The topological polar surface area (TPSA) is 26.0 Å². The minimum atomic E-state index is 0.151. The van der Waals surface area contributed by atoms with Gasteiger partial charge in [0.05, 0.1) is 0 Å². The van der Waals surface area contributed by atoms with Gasteiger partial charge in [0, 0.05) is 5.54 Å². The standard InChI is InChI=1S/C10H21N/c1-3-5-9-6-4-7-10(2,11)8-9/h9H,3-8,11H2,1-2H3/t9-,10+/m1/s1. The van der Waals surface area contributed by atoms with Gasteiger partial charge in [-0.05, 0) is 25.7 Å². The van der Waals surface area contributed by atoms with Gasteiger partial charge in [-0.25, -0.2) is 0 Å². The van der Waals surface area contributed by atoms with Crippen molar-refractivity contribution in [2.45, 2.75) is 57.9 Å². The van der Waals surface area contributed by atoms with Crippen molar-refractivity contribution in [3.8, 4) is 0 Å². The van der Waals surface area contributed by atoms with Crippen molar-refractivity contribution < 1.29 is 0 Å². The zero-order chi connectivity index (χ0) is 8.32. The fraction of sp³-hybridized carbons (Fsp3) is 1.00. The molecule has 0 aromatic carbocycles. The largest absolute Gasteiger partial charge is 0.325 e. The van der Waals surface area contributed by atoms with E-state index < -0.39 is 0 Å². The fourth-order valence-electron chi connectivity index (χ4n) is 2.31. The summed E-state index contributed by atoms with van der Waals surface area (Å²) in [6.07, 6.45) is 7.94. The SMILES string of the molecule is CCC[C@@H]1CCC[C@](C)(N)C1.